The van der Waals surface area contributed by atoms with Crippen LogP contribution in [0.15, 0.2) is 18.3 Å². The van der Waals surface area contributed by atoms with Crippen molar-refractivity contribution < 1.29 is 13.2 Å². The summed E-state index contributed by atoms with van der Waals surface area (Å²) in [6.07, 6.45) is -0.870. The van der Waals surface area contributed by atoms with Crippen LogP contribution in [0.5, 0.6) is 0 Å². The van der Waals surface area contributed by atoms with Crippen LogP contribution in [-0.2, 0) is 11.7 Å². The highest BCUT2D eigenvalue weighted by molar-refractivity contribution is 5.23. The molecule has 1 aromatic rings. The van der Waals surface area contributed by atoms with Gasteiger partial charge < -0.3 is 5.73 Å². The molecule has 5 heteroatoms. The van der Waals surface area contributed by atoms with Gasteiger partial charge in [-0.3, -0.25) is 4.98 Å². The zero-order valence-electron chi connectivity index (χ0n) is 8.01. The van der Waals surface area contributed by atoms with E-state index < -0.39 is 17.3 Å². The lowest BCUT2D eigenvalue weighted by Crippen LogP contribution is -2.44. The lowest BCUT2D eigenvalue weighted by molar-refractivity contribution is -0.137. The average Bonchev–Trinajstić information content (AvgIpc) is 2.13. The summed E-state index contributed by atoms with van der Waals surface area (Å²) in [6, 6.07) is 2.41. The summed E-state index contributed by atoms with van der Waals surface area (Å²) >= 11 is 0. The van der Waals surface area contributed by atoms with Crippen LogP contribution < -0.4 is 5.73 Å². The van der Waals surface area contributed by atoms with Gasteiger partial charge in [-0.2, -0.15) is 13.2 Å². The molecule has 0 bridgehead atoms. The Bertz CT molecular complexity index is 352. The highest BCUT2D eigenvalue weighted by atomic mass is 19.4. The van der Waals surface area contributed by atoms with Crippen molar-refractivity contribution in [3.63, 3.8) is 0 Å². The van der Waals surface area contributed by atoms with Gasteiger partial charge in [0, 0.05) is 6.20 Å². The van der Waals surface area contributed by atoms with Crippen LogP contribution in [0.25, 0.3) is 0 Å². The maximum absolute atomic E-state index is 12.2. The maximum Gasteiger partial charge on any atom is 0.417 e. The van der Waals surface area contributed by atoms with E-state index in [1.807, 2.05) is 0 Å². The zero-order valence-corrected chi connectivity index (χ0v) is 8.01. The molecule has 1 saturated carbocycles. The molecule has 0 aliphatic heterocycles. The second kappa shape index (κ2) is 3.20. The molecule has 0 aromatic carbocycles. The number of nitrogens with zero attached hydrogens (tertiary/aromatic N) is 1. The van der Waals surface area contributed by atoms with Crippen molar-refractivity contribution in [3.8, 4) is 0 Å². The van der Waals surface area contributed by atoms with Crippen LogP contribution in [0.4, 0.5) is 13.2 Å². The van der Waals surface area contributed by atoms with Crippen LogP contribution in [0, 0.1) is 0 Å². The fraction of sp³-hybridized carbons (Fsp3) is 0.500. The Morgan fingerprint density at radius 2 is 1.93 bits per heavy atom. The Balaban J connectivity index is 2.24. The second-order valence-electron chi connectivity index (χ2n) is 3.94. The van der Waals surface area contributed by atoms with Gasteiger partial charge in [-0.1, -0.05) is 0 Å². The molecule has 15 heavy (non-hydrogen) atoms. The van der Waals surface area contributed by atoms with E-state index in [0.717, 1.165) is 31.5 Å². The minimum Gasteiger partial charge on any atom is -0.320 e. The third-order valence-corrected chi connectivity index (χ3v) is 2.85. The molecule has 82 valence electrons. The molecule has 0 saturated heterocycles. The molecule has 1 fully saturated rings. The molecule has 2 nitrogen and oxygen atoms in total. The normalized spacial score (nSPS) is 19.7. The molecule has 1 aliphatic rings. The zero-order chi connectivity index (χ0) is 11.1. The standard InChI is InChI=1S/C10H11F3N2/c11-10(12,13)7-2-3-8(15-6-7)9(14)4-1-5-9/h2-3,6H,1,4-5,14H2. The molecule has 0 spiro atoms. The summed E-state index contributed by atoms with van der Waals surface area (Å²) in [6.45, 7) is 0. The minimum atomic E-state index is -4.33. The maximum atomic E-state index is 12.2. The highest BCUT2D eigenvalue weighted by Gasteiger charge is 2.37. The van der Waals surface area contributed by atoms with E-state index in [0.29, 0.717) is 5.69 Å². The fourth-order valence-electron chi connectivity index (χ4n) is 1.67. The summed E-state index contributed by atoms with van der Waals surface area (Å²) in [7, 11) is 0. The first-order chi connectivity index (χ1) is 6.92. The number of aromatic nitrogens is 1. The molecule has 0 amide bonds. The van der Waals surface area contributed by atoms with Crippen molar-refractivity contribution in [2.45, 2.75) is 31.0 Å². The minimum absolute atomic E-state index is 0.496. The van der Waals surface area contributed by atoms with Crippen LogP contribution >= 0.6 is 0 Å². The van der Waals surface area contributed by atoms with Gasteiger partial charge >= 0.3 is 6.18 Å². The van der Waals surface area contributed by atoms with Gasteiger partial charge in [-0.05, 0) is 31.4 Å². The van der Waals surface area contributed by atoms with E-state index >= 15 is 0 Å². The van der Waals surface area contributed by atoms with Gasteiger partial charge in [-0.15, -0.1) is 0 Å². The van der Waals surface area contributed by atoms with Gasteiger partial charge in [0.25, 0.3) is 0 Å². The van der Waals surface area contributed by atoms with E-state index in [4.69, 9.17) is 5.73 Å². The van der Waals surface area contributed by atoms with E-state index in [-0.39, 0.29) is 0 Å². The number of nitrogens with two attached hydrogens (primary N) is 1. The molecule has 2 rings (SSSR count). The average molecular weight is 216 g/mol. The first kappa shape index (κ1) is 10.4. The molecule has 0 unspecified atom stereocenters. The lowest BCUT2D eigenvalue weighted by Gasteiger charge is -2.37. The summed E-state index contributed by atoms with van der Waals surface area (Å²) in [4.78, 5) is 3.79. The van der Waals surface area contributed by atoms with Crippen molar-refractivity contribution in [2.24, 2.45) is 5.73 Å². The molecular weight excluding hydrogens is 205 g/mol. The fourth-order valence-corrected chi connectivity index (χ4v) is 1.67. The number of hydrogen-bond acceptors (Lipinski definition) is 2. The number of pyridine rings is 1. The van der Waals surface area contributed by atoms with E-state index in [2.05, 4.69) is 4.98 Å². The summed E-state index contributed by atoms with van der Waals surface area (Å²) in [5.41, 5.74) is 5.27. The van der Waals surface area contributed by atoms with Crippen molar-refractivity contribution in [2.75, 3.05) is 0 Å². The van der Waals surface area contributed by atoms with Crippen molar-refractivity contribution in [1.29, 1.82) is 0 Å². The Hall–Kier alpha value is -1.10. The monoisotopic (exact) mass is 216 g/mol. The highest BCUT2D eigenvalue weighted by Crippen LogP contribution is 2.38. The van der Waals surface area contributed by atoms with Gasteiger partial charge in [-0.25, -0.2) is 0 Å². The number of hydrogen-bond donors (Lipinski definition) is 1. The predicted octanol–water partition coefficient (Wildman–Crippen LogP) is 2.44. The topological polar surface area (TPSA) is 38.9 Å². The van der Waals surface area contributed by atoms with Crippen molar-refractivity contribution in [1.82, 2.24) is 4.98 Å². The molecule has 2 N–H and O–H groups in total. The Labute approximate surface area is 85.3 Å². The van der Waals surface area contributed by atoms with E-state index in [1.54, 1.807) is 0 Å². The Morgan fingerprint density at radius 1 is 1.27 bits per heavy atom. The number of halogens is 3. The number of alkyl halides is 3. The summed E-state index contributed by atoms with van der Waals surface area (Å²) in [5.74, 6) is 0. The summed E-state index contributed by atoms with van der Waals surface area (Å²) < 4.78 is 36.7. The molecule has 0 radical (unpaired) electrons. The van der Waals surface area contributed by atoms with Crippen LogP contribution in [0.3, 0.4) is 0 Å². The van der Waals surface area contributed by atoms with Gasteiger partial charge in [0.15, 0.2) is 0 Å². The Morgan fingerprint density at radius 3 is 2.27 bits per heavy atom. The molecule has 1 heterocycles. The van der Waals surface area contributed by atoms with Gasteiger partial charge in [0.1, 0.15) is 0 Å². The van der Waals surface area contributed by atoms with Crippen LogP contribution in [0.2, 0.25) is 0 Å². The quantitative estimate of drug-likeness (QED) is 0.783. The van der Waals surface area contributed by atoms with Gasteiger partial charge in [0.05, 0.1) is 16.8 Å². The largest absolute Gasteiger partial charge is 0.417 e. The van der Waals surface area contributed by atoms with E-state index in [1.165, 1.54) is 6.07 Å². The summed E-state index contributed by atoms with van der Waals surface area (Å²) in [5, 5.41) is 0. The van der Waals surface area contributed by atoms with Crippen molar-refractivity contribution >= 4 is 0 Å². The predicted molar refractivity (Wildman–Crippen MR) is 49.0 cm³/mol. The Kier molecular flexibility index (Phi) is 2.22. The van der Waals surface area contributed by atoms with Crippen LogP contribution in [0.1, 0.15) is 30.5 Å². The smallest absolute Gasteiger partial charge is 0.320 e. The molecule has 1 aliphatic carbocycles. The first-order valence-electron chi connectivity index (χ1n) is 4.74. The molecular formula is C10H11F3N2. The lowest BCUT2D eigenvalue weighted by atomic mass is 9.75. The van der Waals surface area contributed by atoms with Crippen molar-refractivity contribution in [3.05, 3.63) is 29.6 Å². The first-order valence-corrected chi connectivity index (χ1v) is 4.74. The molecule has 0 atom stereocenters. The molecule has 1 aromatic heterocycles. The third kappa shape index (κ3) is 1.84. The SMILES string of the molecule is NC1(c2ccc(C(F)(F)F)cn2)CCC1. The van der Waals surface area contributed by atoms with E-state index in [9.17, 15) is 13.2 Å². The van der Waals surface area contributed by atoms with Gasteiger partial charge in [0.2, 0.25) is 0 Å². The second-order valence-corrected chi connectivity index (χ2v) is 3.94. The van der Waals surface area contributed by atoms with Crippen LogP contribution in [-0.4, -0.2) is 4.98 Å². The third-order valence-electron chi connectivity index (χ3n) is 2.85. The number of rotatable bonds is 1.